The predicted octanol–water partition coefficient (Wildman–Crippen LogP) is 12.6. The molecule has 224 valence electrons. The van der Waals surface area contributed by atoms with Crippen LogP contribution in [0.25, 0.3) is 66.6 Å². The van der Waals surface area contributed by atoms with Crippen molar-refractivity contribution in [2.75, 3.05) is 0 Å². The summed E-state index contributed by atoms with van der Waals surface area (Å²) in [6.07, 6.45) is 0. The number of pyridine rings is 2. The summed E-state index contributed by atoms with van der Waals surface area (Å²) >= 11 is 12.7. The van der Waals surface area contributed by atoms with Gasteiger partial charge in [-0.15, -0.1) is 0 Å². The summed E-state index contributed by atoms with van der Waals surface area (Å²) < 4.78 is 6.82. The van der Waals surface area contributed by atoms with Crippen molar-refractivity contribution in [1.29, 1.82) is 0 Å². The number of nitrogens with zero attached hydrogens (tertiary/aromatic N) is 2. The van der Waals surface area contributed by atoms with Crippen molar-refractivity contribution < 1.29 is 4.74 Å². The number of benzene rings is 6. The normalized spacial score (nSPS) is 11.2. The number of hydrogen-bond acceptors (Lipinski definition) is 3. The molecule has 0 radical (unpaired) electrons. The molecule has 0 atom stereocenters. The van der Waals surface area contributed by atoms with Crippen LogP contribution in [0.4, 0.5) is 0 Å². The Morgan fingerprint density at radius 3 is 1.81 bits per heavy atom. The smallest absolute Gasteiger partial charge is 0.162 e. The third-order valence-electron chi connectivity index (χ3n) is 8.25. The summed E-state index contributed by atoms with van der Waals surface area (Å²) in [5.74, 6) is 1.37. The van der Waals surface area contributed by atoms with Crippen LogP contribution >= 0.6 is 23.2 Å². The SMILES string of the molecule is Clc1ccc(-c2nc3ccccc3c(-c3ccccc3)c2Oc2ccc(-c3cc(-c4ccccc4)c4cc(Cl)ccc4n3)cc2)cc1. The zero-order chi connectivity index (χ0) is 31.7. The molecule has 5 heteroatoms. The van der Waals surface area contributed by atoms with E-state index in [4.69, 9.17) is 37.9 Å². The molecule has 0 amide bonds. The molecule has 0 unspecified atom stereocenters. The van der Waals surface area contributed by atoms with Gasteiger partial charge >= 0.3 is 0 Å². The van der Waals surface area contributed by atoms with Gasteiger partial charge in [0.15, 0.2) is 5.75 Å². The highest BCUT2D eigenvalue weighted by atomic mass is 35.5. The number of ether oxygens (including phenoxy) is 1. The summed E-state index contributed by atoms with van der Waals surface area (Å²) in [5, 5.41) is 3.37. The summed E-state index contributed by atoms with van der Waals surface area (Å²) in [5.41, 5.74) is 9.48. The number of hydrogen-bond donors (Lipinski definition) is 0. The lowest BCUT2D eigenvalue weighted by molar-refractivity contribution is 0.485. The Hall–Kier alpha value is -5.48. The molecule has 0 N–H and O–H groups in total. The van der Waals surface area contributed by atoms with E-state index in [0.717, 1.165) is 66.6 Å². The molecule has 0 aliphatic rings. The van der Waals surface area contributed by atoms with Crippen LogP contribution in [0.2, 0.25) is 10.0 Å². The summed E-state index contributed by atoms with van der Waals surface area (Å²) in [4.78, 5) is 10.1. The van der Waals surface area contributed by atoms with Gasteiger partial charge in [-0.3, -0.25) is 0 Å². The number of rotatable bonds is 6. The summed E-state index contributed by atoms with van der Waals surface area (Å²) in [7, 11) is 0. The number of fused-ring (bicyclic) bond motifs is 2. The average Bonchev–Trinajstić information content (AvgIpc) is 3.12. The summed E-state index contributed by atoms with van der Waals surface area (Å²) in [6, 6.07) is 52.5. The van der Waals surface area contributed by atoms with Crippen LogP contribution in [-0.2, 0) is 0 Å². The molecule has 2 aromatic heterocycles. The average molecular weight is 646 g/mol. The molecule has 0 aliphatic heterocycles. The van der Waals surface area contributed by atoms with Crippen molar-refractivity contribution in [3.05, 3.63) is 168 Å². The molecule has 0 fully saturated rings. The van der Waals surface area contributed by atoms with Crippen molar-refractivity contribution in [1.82, 2.24) is 9.97 Å². The lowest BCUT2D eigenvalue weighted by atomic mass is 9.96. The van der Waals surface area contributed by atoms with Crippen LogP contribution < -0.4 is 4.74 Å². The van der Waals surface area contributed by atoms with Gasteiger partial charge in [0.25, 0.3) is 0 Å². The van der Waals surface area contributed by atoms with Crippen molar-refractivity contribution in [2.45, 2.75) is 0 Å². The molecular formula is C42H26Cl2N2O. The minimum atomic E-state index is 0.664. The van der Waals surface area contributed by atoms with E-state index < -0.39 is 0 Å². The quantitative estimate of drug-likeness (QED) is 0.181. The number of aromatic nitrogens is 2. The largest absolute Gasteiger partial charge is 0.454 e. The van der Waals surface area contributed by atoms with Gasteiger partial charge in [0.2, 0.25) is 0 Å². The highest BCUT2D eigenvalue weighted by Crippen LogP contribution is 2.45. The van der Waals surface area contributed by atoms with Crippen molar-refractivity contribution in [3.8, 4) is 56.3 Å². The molecule has 3 nitrogen and oxygen atoms in total. The predicted molar refractivity (Wildman–Crippen MR) is 195 cm³/mol. The van der Waals surface area contributed by atoms with Gasteiger partial charge in [-0.25, -0.2) is 9.97 Å². The van der Waals surface area contributed by atoms with E-state index in [1.165, 1.54) is 0 Å². The first-order valence-electron chi connectivity index (χ1n) is 15.3. The van der Waals surface area contributed by atoms with E-state index in [2.05, 4.69) is 36.4 Å². The first-order chi connectivity index (χ1) is 23.1. The third kappa shape index (κ3) is 5.72. The zero-order valence-corrected chi connectivity index (χ0v) is 26.6. The molecular weight excluding hydrogens is 619 g/mol. The zero-order valence-electron chi connectivity index (χ0n) is 25.1. The van der Waals surface area contributed by atoms with Crippen LogP contribution in [-0.4, -0.2) is 9.97 Å². The highest BCUT2D eigenvalue weighted by Gasteiger charge is 2.20. The maximum absolute atomic E-state index is 6.82. The fourth-order valence-electron chi connectivity index (χ4n) is 6.00. The molecule has 0 bridgehead atoms. The van der Waals surface area contributed by atoms with E-state index in [0.29, 0.717) is 21.5 Å². The van der Waals surface area contributed by atoms with E-state index in [9.17, 15) is 0 Å². The van der Waals surface area contributed by atoms with Gasteiger partial charge in [-0.05, 0) is 83.4 Å². The minimum absolute atomic E-state index is 0.664. The molecule has 6 aromatic carbocycles. The monoisotopic (exact) mass is 644 g/mol. The van der Waals surface area contributed by atoms with E-state index in [-0.39, 0.29) is 0 Å². The Morgan fingerprint density at radius 1 is 0.447 bits per heavy atom. The van der Waals surface area contributed by atoms with E-state index in [1.54, 1.807) is 0 Å². The Morgan fingerprint density at radius 2 is 1.06 bits per heavy atom. The van der Waals surface area contributed by atoms with Crippen LogP contribution in [0.15, 0.2) is 158 Å². The van der Waals surface area contributed by atoms with Crippen molar-refractivity contribution in [2.24, 2.45) is 0 Å². The summed E-state index contributed by atoms with van der Waals surface area (Å²) in [6.45, 7) is 0. The fourth-order valence-corrected chi connectivity index (χ4v) is 6.30. The number of halogens is 2. The second-order valence-electron chi connectivity index (χ2n) is 11.3. The van der Waals surface area contributed by atoms with Gasteiger partial charge < -0.3 is 4.74 Å². The van der Waals surface area contributed by atoms with Gasteiger partial charge in [-0.1, -0.05) is 114 Å². The highest BCUT2D eigenvalue weighted by molar-refractivity contribution is 6.31. The van der Waals surface area contributed by atoms with Gasteiger partial charge in [0.05, 0.1) is 16.7 Å². The van der Waals surface area contributed by atoms with Gasteiger partial charge in [0, 0.05) is 37.5 Å². The number of para-hydroxylation sites is 1. The molecule has 0 saturated heterocycles. The molecule has 47 heavy (non-hydrogen) atoms. The Kier molecular flexibility index (Phi) is 7.62. The molecule has 2 heterocycles. The lowest BCUT2D eigenvalue weighted by Gasteiger charge is -2.19. The maximum atomic E-state index is 6.82. The Balaban J connectivity index is 1.25. The van der Waals surface area contributed by atoms with Gasteiger partial charge in [-0.2, -0.15) is 0 Å². The van der Waals surface area contributed by atoms with Gasteiger partial charge in [0.1, 0.15) is 11.4 Å². The minimum Gasteiger partial charge on any atom is -0.454 e. The molecule has 0 aliphatic carbocycles. The van der Waals surface area contributed by atoms with E-state index in [1.807, 2.05) is 121 Å². The lowest BCUT2D eigenvalue weighted by Crippen LogP contribution is -1.97. The van der Waals surface area contributed by atoms with Crippen LogP contribution in [0.5, 0.6) is 11.5 Å². The topological polar surface area (TPSA) is 35.0 Å². The third-order valence-corrected chi connectivity index (χ3v) is 8.74. The maximum Gasteiger partial charge on any atom is 0.162 e. The van der Waals surface area contributed by atoms with E-state index >= 15 is 0 Å². The molecule has 8 rings (SSSR count). The Labute approximate surface area is 282 Å². The standard InChI is InChI=1S/C42H26Cl2N2O/c43-31-19-15-30(16-20-31)41-42(40(29-11-5-2-6-12-29)34-13-7-8-14-37(34)46-41)47-33-22-17-28(18-23-33)39-26-35(27-9-3-1-4-10-27)36-25-32(44)21-24-38(36)45-39/h1-26H. The molecule has 0 spiro atoms. The van der Waals surface area contributed by atoms with Crippen LogP contribution in [0, 0.1) is 0 Å². The molecule has 0 saturated carbocycles. The first-order valence-corrected chi connectivity index (χ1v) is 16.0. The van der Waals surface area contributed by atoms with Crippen molar-refractivity contribution >= 4 is 45.0 Å². The first kappa shape index (κ1) is 29.0. The second-order valence-corrected chi connectivity index (χ2v) is 12.1. The second kappa shape index (κ2) is 12.4. The van der Waals surface area contributed by atoms with Crippen molar-refractivity contribution in [3.63, 3.8) is 0 Å². The fraction of sp³-hybridized carbons (Fsp3) is 0. The Bertz CT molecular complexity index is 2380. The van der Waals surface area contributed by atoms with Crippen LogP contribution in [0.3, 0.4) is 0 Å². The molecule has 8 aromatic rings. The van der Waals surface area contributed by atoms with Crippen LogP contribution in [0.1, 0.15) is 0 Å².